The summed E-state index contributed by atoms with van der Waals surface area (Å²) < 4.78 is 62.3. The molecule has 0 fully saturated rings. The predicted octanol–water partition coefficient (Wildman–Crippen LogP) is 5.26. The first-order valence-electron chi connectivity index (χ1n) is 6.73. The first-order chi connectivity index (χ1) is 11.4. The van der Waals surface area contributed by atoms with E-state index in [1.165, 1.54) is 24.3 Å². The molecule has 3 aromatic rings. The molecule has 0 aliphatic carbocycles. The van der Waals surface area contributed by atoms with Gasteiger partial charge in [0.2, 0.25) is 0 Å². The Hall–Kier alpha value is -2.32. The van der Waals surface area contributed by atoms with Crippen molar-refractivity contribution in [3.05, 3.63) is 66.1 Å². The fourth-order valence-corrected chi connectivity index (χ4v) is 2.45. The van der Waals surface area contributed by atoms with Crippen LogP contribution in [-0.2, 0) is 6.18 Å². The first kappa shape index (κ1) is 16.5. The van der Waals surface area contributed by atoms with Crippen LogP contribution in [-0.4, -0.2) is 14.3 Å². The van der Waals surface area contributed by atoms with Gasteiger partial charge in [0.15, 0.2) is 5.69 Å². The number of hydrogen-bond acceptors (Lipinski definition) is 3. The molecule has 0 saturated heterocycles. The lowest BCUT2D eigenvalue weighted by Gasteiger charge is -2.08. The van der Waals surface area contributed by atoms with Gasteiger partial charge in [-0.1, -0.05) is 0 Å². The van der Waals surface area contributed by atoms with Gasteiger partial charge in [-0.05, 0) is 54.6 Å². The molecule has 0 saturated carbocycles. The van der Waals surface area contributed by atoms with E-state index in [2.05, 4.69) is 5.10 Å². The van der Waals surface area contributed by atoms with E-state index in [0.717, 1.165) is 10.7 Å². The van der Waals surface area contributed by atoms with Gasteiger partial charge in [0.25, 0.3) is 0 Å². The Morgan fingerprint density at radius 3 is 2.12 bits per heavy atom. The number of alkyl halides is 3. The third-order valence-electron chi connectivity index (χ3n) is 3.33. The molecule has 8 heteroatoms. The molecular weight excluding hydrogens is 344 g/mol. The quantitative estimate of drug-likeness (QED) is 0.515. The second-order valence-corrected chi connectivity index (χ2v) is 5.57. The topological polar surface area (TPSA) is 38.0 Å². The molecule has 3 nitrogen and oxygen atoms in total. The van der Waals surface area contributed by atoms with Crippen LogP contribution in [0.4, 0.5) is 17.6 Å². The van der Waals surface area contributed by atoms with Crippen molar-refractivity contribution in [2.45, 2.75) is 11.1 Å². The van der Waals surface area contributed by atoms with E-state index in [0.29, 0.717) is 28.2 Å². The van der Waals surface area contributed by atoms with Gasteiger partial charge in [-0.25, -0.2) is 9.07 Å². The van der Waals surface area contributed by atoms with Crippen LogP contribution in [0.2, 0.25) is 0 Å². The number of aromatic nitrogens is 2. The van der Waals surface area contributed by atoms with E-state index in [-0.39, 0.29) is 5.69 Å². The van der Waals surface area contributed by atoms with Gasteiger partial charge in [-0.15, -0.1) is 0 Å². The highest BCUT2D eigenvalue weighted by Crippen LogP contribution is 2.33. The number of nitrogens with zero attached hydrogens (tertiary/aromatic N) is 2. The van der Waals surface area contributed by atoms with Gasteiger partial charge < -0.3 is 4.55 Å². The van der Waals surface area contributed by atoms with Gasteiger partial charge in [-0.3, -0.25) is 0 Å². The van der Waals surface area contributed by atoms with Crippen LogP contribution < -0.4 is 0 Å². The molecule has 0 atom stereocenters. The fourth-order valence-electron chi connectivity index (χ4n) is 2.19. The van der Waals surface area contributed by atoms with Gasteiger partial charge in [0, 0.05) is 22.5 Å². The molecule has 0 bridgehead atoms. The zero-order valence-electron chi connectivity index (χ0n) is 12.0. The molecule has 1 aromatic heterocycles. The predicted molar refractivity (Wildman–Crippen MR) is 82.4 cm³/mol. The molecule has 0 aliphatic rings. The highest BCUT2D eigenvalue weighted by Gasteiger charge is 2.35. The van der Waals surface area contributed by atoms with E-state index < -0.39 is 17.7 Å². The molecule has 2 aromatic carbocycles. The maximum atomic E-state index is 13.1. The normalized spacial score (nSPS) is 11.7. The van der Waals surface area contributed by atoms with Crippen molar-refractivity contribution in [1.82, 2.24) is 9.78 Å². The van der Waals surface area contributed by atoms with Crippen LogP contribution in [0, 0.1) is 5.82 Å². The first-order valence-corrected chi connectivity index (χ1v) is 7.51. The molecule has 3 rings (SSSR count). The molecule has 0 unspecified atom stereocenters. The molecule has 124 valence electrons. The third kappa shape index (κ3) is 3.29. The Bertz CT molecular complexity index is 842. The van der Waals surface area contributed by atoms with Crippen LogP contribution in [0.25, 0.3) is 16.9 Å². The van der Waals surface area contributed by atoms with Gasteiger partial charge in [-0.2, -0.15) is 18.3 Å². The van der Waals surface area contributed by atoms with E-state index in [9.17, 15) is 17.6 Å². The Morgan fingerprint density at radius 2 is 1.58 bits per heavy atom. The van der Waals surface area contributed by atoms with Gasteiger partial charge in [0.05, 0.1) is 11.4 Å². The number of hydrogen-bond donors (Lipinski definition) is 1. The van der Waals surface area contributed by atoms with Crippen molar-refractivity contribution in [3.63, 3.8) is 0 Å². The molecular formula is C16H10F4N2OS. The minimum atomic E-state index is -4.60. The van der Waals surface area contributed by atoms with Gasteiger partial charge >= 0.3 is 6.18 Å². The Labute approximate surface area is 138 Å². The van der Waals surface area contributed by atoms with E-state index >= 15 is 0 Å². The number of halogens is 4. The summed E-state index contributed by atoms with van der Waals surface area (Å²) >= 11 is 0.533. The largest absolute Gasteiger partial charge is 0.435 e. The summed E-state index contributed by atoms with van der Waals surface area (Å²) in [4.78, 5) is 0.547. The number of rotatable bonds is 3. The second-order valence-electron chi connectivity index (χ2n) is 4.92. The second kappa shape index (κ2) is 6.29. The van der Waals surface area contributed by atoms with Crippen LogP contribution >= 0.6 is 12.0 Å². The summed E-state index contributed by atoms with van der Waals surface area (Å²) in [6.07, 6.45) is -4.60. The lowest BCUT2D eigenvalue weighted by molar-refractivity contribution is -0.141. The van der Waals surface area contributed by atoms with Crippen LogP contribution in [0.1, 0.15) is 5.69 Å². The molecule has 1 N–H and O–H groups in total. The monoisotopic (exact) mass is 354 g/mol. The van der Waals surface area contributed by atoms with Crippen molar-refractivity contribution in [2.75, 3.05) is 0 Å². The SMILES string of the molecule is OSc1ccc(-n2nc(C(F)(F)F)cc2-c2ccc(F)cc2)cc1. The van der Waals surface area contributed by atoms with Crippen LogP contribution in [0.3, 0.4) is 0 Å². The van der Waals surface area contributed by atoms with Crippen molar-refractivity contribution < 1.29 is 22.1 Å². The van der Waals surface area contributed by atoms with E-state index in [4.69, 9.17) is 4.55 Å². The maximum Gasteiger partial charge on any atom is 0.435 e. The molecule has 1 heterocycles. The fraction of sp³-hybridized carbons (Fsp3) is 0.0625. The lowest BCUT2D eigenvalue weighted by atomic mass is 10.1. The average Bonchev–Trinajstić information content (AvgIpc) is 3.01. The Kier molecular flexibility index (Phi) is 4.33. The summed E-state index contributed by atoms with van der Waals surface area (Å²) in [6, 6.07) is 12.2. The maximum absolute atomic E-state index is 13.1. The molecule has 0 amide bonds. The molecule has 24 heavy (non-hydrogen) atoms. The van der Waals surface area contributed by atoms with E-state index in [1.54, 1.807) is 24.3 Å². The number of benzene rings is 2. The summed E-state index contributed by atoms with van der Waals surface area (Å²) in [5.74, 6) is -0.481. The minimum Gasteiger partial charge on any atom is -0.325 e. The summed E-state index contributed by atoms with van der Waals surface area (Å²) in [7, 11) is 0. The van der Waals surface area contributed by atoms with Crippen molar-refractivity contribution in [2.24, 2.45) is 0 Å². The Balaban J connectivity index is 2.15. The summed E-state index contributed by atoms with van der Waals surface area (Å²) in [5.41, 5.74) is -0.0585. The lowest BCUT2D eigenvalue weighted by Crippen LogP contribution is -2.07. The smallest absolute Gasteiger partial charge is 0.325 e. The zero-order valence-corrected chi connectivity index (χ0v) is 12.8. The summed E-state index contributed by atoms with van der Waals surface area (Å²) in [5, 5.41) is 3.63. The van der Waals surface area contributed by atoms with E-state index in [1.807, 2.05) is 0 Å². The standard InChI is InChI=1S/C16H10F4N2OS/c17-11-3-1-10(2-4-11)14-9-15(16(18,19)20)21-22(14)12-5-7-13(24-23)8-6-12/h1-9,23H. The third-order valence-corrected chi connectivity index (χ3v) is 3.81. The molecule has 0 spiro atoms. The molecule has 0 aliphatic heterocycles. The van der Waals surface area contributed by atoms with Crippen LogP contribution in [0.5, 0.6) is 0 Å². The highest BCUT2D eigenvalue weighted by atomic mass is 32.2. The van der Waals surface area contributed by atoms with Gasteiger partial charge in [0.1, 0.15) is 5.82 Å². The van der Waals surface area contributed by atoms with Crippen LogP contribution in [0.15, 0.2) is 59.5 Å². The highest BCUT2D eigenvalue weighted by molar-refractivity contribution is 7.93. The van der Waals surface area contributed by atoms with Crippen molar-refractivity contribution in [1.29, 1.82) is 0 Å². The van der Waals surface area contributed by atoms with Crippen molar-refractivity contribution >= 4 is 12.0 Å². The zero-order chi connectivity index (χ0) is 17.3. The molecule has 0 radical (unpaired) electrons. The Morgan fingerprint density at radius 1 is 0.958 bits per heavy atom. The summed E-state index contributed by atoms with van der Waals surface area (Å²) in [6.45, 7) is 0. The van der Waals surface area contributed by atoms with Crippen molar-refractivity contribution in [3.8, 4) is 16.9 Å². The minimum absolute atomic E-state index is 0.187. The average molecular weight is 354 g/mol.